The predicted octanol–water partition coefficient (Wildman–Crippen LogP) is 3.69. The van der Waals surface area contributed by atoms with Crippen LogP contribution in [0.5, 0.6) is 0 Å². The molecular formula is C11H10BrNOS. The molecule has 0 radical (unpaired) electrons. The van der Waals surface area contributed by atoms with Crippen molar-refractivity contribution < 1.29 is 4.42 Å². The molecule has 3 rings (SSSR count). The Labute approximate surface area is 101 Å². The van der Waals surface area contributed by atoms with Crippen LogP contribution in [0.3, 0.4) is 0 Å². The molecule has 3 heterocycles. The highest BCUT2D eigenvalue weighted by Crippen LogP contribution is 2.45. The molecule has 1 atom stereocenters. The summed E-state index contributed by atoms with van der Waals surface area (Å²) in [4.78, 5) is 3.65. The molecule has 0 spiro atoms. The van der Waals surface area contributed by atoms with Gasteiger partial charge >= 0.3 is 0 Å². The van der Waals surface area contributed by atoms with Gasteiger partial charge in [0.05, 0.1) is 12.0 Å². The number of hydrogen-bond acceptors (Lipinski definition) is 3. The molecular weight excluding hydrogens is 274 g/mol. The highest BCUT2D eigenvalue weighted by atomic mass is 79.9. The summed E-state index contributed by atoms with van der Waals surface area (Å²) in [7, 11) is 2.10. The molecule has 0 aliphatic carbocycles. The summed E-state index contributed by atoms with van der Waals surface area (Å²) in [5, 5.41) is 2.13. The number of fused-ring (bicyclic) bond motifs is 1. The molecule has 78 valence electrons. The van der Waals surface area contributed by atoms with Crippen molar-refractivity contribution in [2.75, 3.05) is 18.5 Å². The number of nitrogens with zero attached hydrogens (tertiary/aromatic N) is 1. The van der Waals surface area contributed by atoms with E-state index >= 15 is 0 Å². The Balaban J connectivity index is 2.09. The lowest BCUT2D eigenvalue weighted by Crippen LogP contribution is -2.15. The predicted molar refractivity (Wildman–Crippen MR) is 65.8 cm³/mol. The fourth-order valence-electron chi connectivity index (χ4n) is 2.15. The van der Waals surface area contributed by atoms with Gasteiger partial charge in [-0.25, -0.2) is 0 Å². The van der Waals surface area contributed by atoms with Crippen molar-refractivity contribution in [2.45, 2.75) is 5.92 Å². The third-order valence-electron chi connectivity index (χ3n) is 2.85. The zero-order valence-corrected chi connectivity index (χ0v) is 10.6. The second-order valence-electron chi connectivity index (χ2n) is 3.76. The molecule has 1 unspecified atom stereocenters. The average molecular weight is 284 g/mol. The van der Waals surface area contributed by atoms with Gasteiger partial charge in [0.15, 0.2) is 4.67 Å². The van der Waals surface area contributed by atoms with Crippen molar-refractivity contribution in [1.29, 1.82) is 0 Å². The second kappa shape index (κ2) is 3.39. The molecule has 4 heteroatoms. The maximum Gasteiger partial charge on any atom is 0.192 e. The van der Waals surface area contributed by atoms with Gasteiger partial charge in [-0.3, -0.25) is 0 Å². The van der Waals surface area contributed by atoms with Gasteiger partial charge in [-0.1, -0.05) is 6.07 Å². The third-order valence-corrected chi connectivity index (χ3v) is 4.40. The molecule has 0 saturated carbocycles. The third kappa shape index (κ3) is 1.35. The van der Waals surface area contributed by atoms with Crippen LogP contribution in [0.4, 0.5) is 5.69 Å². The Kier molecular flexibility index (Phi) is 2.14. The smallest absolute Gasteiger partial charge is 0.192 e. The van der Waals surface area contributed by atoms with Crippen LogP contribution in [0.2, 0.25) is 0 Å². The summed E-state index contributed by atoms with van der Waals surface area (Å²) < 4.78 is 6.26. The number of likely N-dealkylation sites (N-methyl/N-ethyl adjacent to an activating group) is 1. The number of anilines is 1. The van der Waals surface area contributed by atoms with Crippen LogP contribution in [0.15, 0.2) is 32.9 Å². The number of halogens is 1. The van der Waals surface area contributed by atoms with Gasteiger partial charge in [0, 0.05) is 30.0 Å². The van der Waals surface area contributed by atoms with Crippen molar-refractivity contribution in [1.82, 2.24) is 0 Å². The minimum Gasteiger partial charge on any atom is -0.455 e. The standard InChI is InChI=1S/C11H10BrNOS/c1-13-5-7(9-3-2-4-15-9)8-6-14-11(12)10(8)13/h2-4,6-7H,5H2,1H3. The Hall–Kier alpha value is -0.740. The van der Waals surface area contributed by atoms with Gasteiger partial charge in [-0.2, -0.15) is 0 Å². The molecule has 15 heavy (non-hydrogen) atoms. The van der Waals surface area contributed by atoms with Crippen molar-refractivity contribution in [3.8, 4) is 0 Å². The quantitative estimate of drug-likeness (QED) is 0.794. The largest absolute Gasteiger partial charge is 0.455 e. The first-order valence-electron chi connectivity index (χ1n) is 4.79. The zero-order valence-electron chi connectivity index (χ0n) is 8.24. The maximum absolute atomic E-state index is 5.42. The monoisotopic (exact) mass is 283 g/mol. The Morgan fingerprint density at radius 2 is 2.47 bits per heavy atom. The van der Waals surface area contributed by atoms with E-state index in [-0.39, 0.29) is 0 Å². The minimum absolute atomic E-state index is 0.472. The van der Waals surface area contributed by atoms with E-state index in [0.717, 1.165) is 11.2 Å². The lowest BCUT2D eigenvalue weighted by molar-refractivity contribution is 0.533. The Morgan fingerprint density at radius 3 is 3.20 bits per heavy atom. The number of hydrogen-bond donors (Lipinski definition) is 0. The zero-order chi connectivity index (χ0) is 10.4. The molecule has 0 bridgehead atoms. The van der Waals surface area contributed by atoms with Gasteiger partial charge in [0.2, 0.25) is 0 Å². The molecule has 0 N–H and O–H groups in total. The van der Waals surface area contributed by atoms with Gasteiger partial charge in [-0.15, -0.1) is 11.3 Å². The fourth-order valence-corrected chi connectivity index (χ4v) is 3.62. The Morgan fingerprint density at radius 1 is 1.60 bits per heavy atom. The van der Waals surface area contributed by atoms with Crippen LogP contribution in [0, 0.1) is 0 Å². The highest BCUT2D eigenvalue weighted by molar-refractivity contribution is 9.10. The van der Waals surface area contributed by atoms with Crippen LogP contribution in [0.25, 0.3) is 0 Å². The minimum atomic E-state index is 0.472. The van der Waals surface area contributed by atoms with Crippen molar-refractivity contribution >= 4 is 33.0 Å². The molecule has 1 aliphatic rings. The van der Waals surface area contributed by atoms with Gasteiger partial charge in [0.1, 0.15) is 0 Å². The van der Waals surface area contributed by atoms with E-state index in [0.29, 0.717) is 5.92 Å². The van der Waals surface area contributed by atoms with E-state index in [1.165, 1.54) is 16.1 Å². The first-order chi connectivity index (χ1) is 7.27. The first kappa shape index (κ1) is 9.48. The number of rotatable bonds is 1. The number of furan rings is 1. The summed E-state index contributed by atoms with van der Waals surface area (Å²) in [5.74, 6) is 0.472. The molecule has 2 nitrogen and oxygen atoms in total. The van der Waals surface area contributed by atoms with E-state index < -0.39 is 0 Å². The summed E-state index contributed by atoms with van der Waals surface area (Å²) >= 11 is 5.25. The summed E-state index contributed by atoms with van der Waals surface area (Å²) in [5.41, 5.74) is 2.50. The van der Waals surface area contributed by atoms with Crippen molar-refractivity contribution in [3.05, 3.63) is 38.9 Å². The van der Waals surface area contributed by atoms with Gasteiger partial charge in [-0.05, 0) is 27.4 Å². The molecule has 0 saturated heterocycles. The Bertz CT molecular complexity index is 477. The molecule has 0 fully saturated rings. The lowest BCUT2D eigenvalue weighted by Gasteiger charge is -2.12. The topological polar surface area (TPSA) is 16.4 Å². The first-order valence-corrected chi connectivity index (χ1v) is 6.46. The normalized spacial score (nSPS) is 19.6. The van der Waals surface area contributed by atoms with Crippen LogP contribution in [-0.4, -0.2) is 13.6 Å². The van der Waals surface area contributed by atoms with Crippen LogP contribution in [0.1, 0.15) is 16.4 Å². The molecule has 2 aromatic rings. The maximum atomic E-state index is 5.42. The van der Waals surface area contributed by atoms with Gasteiger partial charge < -0.3 is 9.32 Å². The lowest BCUT2D eigenvalue weighted by atomic mass is 10.0. The molecule has 0 amide bonds. The summed E-state index contributed by atoms with van der Waals surface area (Å²) in [6.07, 6.45) is 1.87. The van der Waals surface area contributed by atoms with E-state index in [2.05, 4.69) is 45.4 Å². The van der Waals surface area contributed by atoms with E-state index in [4.69, 9.17) is 4.42 Å². The van der Waals surface area contributed by atoms with Crippen molar-refractivity contribution in [3.63, 3.8) is 0 Å². The van der Waals surface area contributed by atoms with Crippen LogP contribution >= 0.6 is 27.3 Å². The second-order valence-corrected chi connectivity index (χ2v) is 5.46. The van der Waals surface area contributed by atoms with E-state index in [9.17, 15) is 0 Å². The molecule has 0 aromatic carbocycles. The van der Waals surface area contributed by atoms with Crippen LogP contribution in [-0.2, 0) is 0 Å². The highest BCUT2D eigenvalue weighted by Gasteiger charge is 2.32. The van der Waals surface area contributed by atoms with Crippen LogP contribution < -0.4 is 4.90 Å². The van der Waals surface area contributed by atoms with Gasteiger partial charge in [0.25, 0.3) is 0 Å². The molecule has 2 aromatic heterocycles. The molecule has 1 aliphatic heterocycles. The number of thiophene rings is 1. The summed E-state index contributed by atoms with van der Waals surface area (Å²) in [6, 6.07) is 4.30. The summed E-state index contributed by atoms with van der Waals surface area (Å²) in [6.45, 7) is 1.04. The van der Waals surface area contributed by atoms with E-state index in [1.807, 2.05) is 17.6 Å². The van der Waals surface area contributed by atoms with Crippen molar-refractivity contribution in [2.24, 2.45) is 0 Å². The fraction of sp³-hybridized carbons (Fsp3) is 0.273. The average Bonchev–Trinajstić information content (AvgIpc) is 2.86. The van der Waals surface area contributed by atoms with E-state index in [1.54, 1.807) is 0 Å². The SMILES string of the molecule is CN1CC(c2cccs2)c2coc(Br)c21.